The average Bonchev–Trinajstić information content (AvgIpc) is 2.70. The standard InChI is InChI=1S/C10H18N2O2S/c1-7-4-8(2-3-14-7)12-10(13)9-5-15-6-11-9/h7-9,11H,2-6H2,1H3,(H,12,13). The summed E-state index contributed by atoms with van der Waals surface area (Å²) in [5, 5.41) is 6.27. The van der Waals surface area contributed by atoms with Crippen molar-refractivity contribution in [2.75, 3.05) is 18.2 Å². The molecule has 2 aliphatic rings. The second kappa shape index (κ2) is 5.18. The lowest BCUT2D eigenvalue weighted by atomic mass is 10.0. The van der Waals surface area contributed by atoms with Crippen molar-refractivity contribution in [2.24, 2.45) is 0 Å². The zero-order chi connectivity index (χ0) is 10.7. The maximum Gasteiger partial charge on any atom is 0.238 e. The molecule has 2 rings (SSSR count). The van der Waals surface area contributed by atoms with Crippen LogP contribution in [-0.4, -0.2) is 42.3 Å². The summed E-state index contributed by atoms with van der Waals surface area (Å²) in [5.41, 5.74) is 0. The van der Waals surface area contributed by atoms with Crippen LogP contribution in [0.4, 0.5) is 0 Å². The highest BCUT2D eigenvalue weighted by molar-refractivity contribution is 7.99. The fraction of sp³-hybridized carbons (Fsp3) is 0.900. The van der Waals surface area contributed by atoms with Crippen molar-refractivity contribution in [2.45, 2.75) is 38.0 Å². The molecule has 2 N–H and O–H groups in total. The molecule has 15 heavy (non-hydrogen) atoms. The molecule has 0 radical (unpaired) electrons. The molecule has 0 spiro atoms. The first kappa shape index (κ1) is 11.2. The van der Waals surface area contributed by atoms with Crippen molar-refractivity contribution in [1.82, 2.24) is 10.6 Å². The van der Waals surface area contributed by atoms with Crippen molar-refractivity contribution in [1.29, 1.82) is 0 Å². The van der Waals surface area contributed by atoms with Crippen molar-refractivity contribution < 1.29 is 9.53 Å². The van der Waals surface area contributed by atoms with E-state index in [0.717, 1.165) is 31.1 Å². The number of ether oxygens (including phenoxy) is 1. The first-order valence-electron chi connectivity index (χ1n) is 5.49. The van der Waals surface area contributed by atoms with Crippen LogP contribution in [0.3, 0.4) is 0 Å². The third-order valence-corrected chi connectivity index (χ3v) is 3.80. The van der Waals surface area contributed by atoms with Gasteiger partial charge in [-0.3, -0.25) is 10.1 Å². The molecule has 0 aromatic carbocycles. The summed E-state index contributed by atoms with van der Waals surface area (Å²) in [6.45, 7) is 2.82. The van der Waals surface area contributed by atoms with Gasteiger partial charge >= 0.3 is 0 Å². The molecular formula is C10H18N2O2S. The number of hydrogen-bond donors (Lipinski definition) is 2. The molecule has 1 amide bonds. The average molecular weight is 230 g/mol. The van der Waals surface area contributed by atoms with Crippen LogP contribution >= 0.6 is 11.8 Å². The van der Waals surface area contributed by atoms with Gasteiger partial charge < -0.3 is 10.1 Å². The molecule has 3 unspecified atom stereocenters. The molecule has 86 valence electrons. The molecule has 2 heterocycles. The van der Waals surface area contributed by atoms with E-state index in [1.807, 2.05) is 0 Å². The van der Waals surface area contributed by atoms with E-state index in [9.17, 15) is 4.79 Å². The Bertz CT molecular complexity index is 231. The molecule has 0 saturated carbocycles. The van der Waals surface area contributed by atoms with Gasteiger partial charge in [-0.15, -0.1) is 11.8 Å². The minimum atomic E-state index is 0.00755. The lowest BCUT2D eigenvalue weighted by Gasteiger charge is -2.28. The highest BCUT2D eigenvalue weighted by Gasteiger charge is 2.26. The number of hydrogen-bond acceptors (Lipinski definition) is 4. The predicted octanol–water partition coefficient (Wildman–Crippen LogP) is 0.333. The largest absolute Gasteiger partial charge is 0.378 e. The number of thioether (sulfide) groups is 1. The van der Waals surface area contributed by atoms with Gasteiger partial charge in [0.2, 0.25) is 5.91 Å². The van der Waals surface area contributed by atoms with E-state index in [2.05, 4.69) is 17.6 Å². The van der Waals surface area contributed by atoms with Crippen LogP contribution in [0.15, 0.2) is 0 Å². The molecule has 2 saturated heterocycles. The monoisotopic (exact) mass is 230 g/mol. The number of carbonyl (C=O) groups excluding carboxylic acids is 1. The first-order chi connectivity index (χ1) is 7.25. The van der Waals surface area contributed by atoms with Crippen LogP contribution in [0.5, 0.6) is 0 Å². The fourth-order valence-electron chi connectivity index (χ4n) is 1.99. The highest BCUT2D eigenvalue weighted by atomic mass is 32.2. The zero-order valence-corrected chi connectivity index (χ0v) is 9.81. The van der Waals surface area contributed by atoms with Gasteiger partial charge in [0.1, 0.15) is 0 Å². The van der Waals surface area contributed by atoms with E-state index in [1.54, 1.807) is 11.8 Å². The Morgan fingerprint density at radius 1 is 1.60 bits per heavy atom. The van der Waals surface area contributed by atoms with E-state index < -0.39 is 0 Å². The second-order valence-corrected chi connectivity index (χ2v) is 5.21. The summed E-state index contributed by atoms with van der Waals surface area (Å²) in [6.07, 6.45) is 2.15. The van der Waals surface area contributed by atoms with Crippen molar-refractivity contribution in [3.05, 3.63) is 0 Å². The van der Waals surface area contributed by atoms with Crippen LogP contribution in [0, 0.1) is 0 Å². The highest BCUT2D eigenvalue weighted by Crippen LogP contribution is 2.14. The van der Waals surface area contributed by atoms with Gasteiger partial charge in [0.25, 0.3) is 0 Å². The zero-order valence-electron chi connectivity index (χ0n) is 8.99. The van der Waals surface area contributed by atoms with Gasteiger partial charge in [-0.05, 0) is 19.8 Å². The SMILES string of the molecule is CC1CC(NC(=O)C2CSCN2)CCO1. The summed E-state index contributed by atoms with van der Waals surface area (Å²) in [5.74, 6) is 1.94. The Labute approximate surface area is 94.5 Å². The van der Waals surface area contributed by atoms with Crippen LogP contribution < -0.4 is 10.6 Å². The molecule has 0 aliphatic carbocycles. The van der Waals surface area contributed by atoms with Crippen molar-refractivity contribution >= 4 is 17.7 Å². The maximum absolute atomic E-state index is 11.8. The minimum absolute atomic E-state index is 0.00755. The third-order valence-electron chi connectivity index (χ3n) is 2.86. The molecule has 2 fully saturated rings. The van der Waals surface area contributed by atoms with E-state index >= 15 is 0 Å². The number of amides is 1. The van der Waals surface area contributed by atoms with Crippen LogP contribution in [-0.2, 0) is 9.53 Å². The van der Waals surface area contributed by atoms with Crippen molar-refractivity contribution in [3.8, 4) is 0 Å². The Kier molecular flexibility index (Phi) is 3.88. The number of carbonyl (C=O) groups is 1. The Hall–Kier alpha value is -0.260. The summed E-state index contributed by atoms with van der Waals surface area (Å²) < 4.78 is 5.44. The van der Waals surface area contributed by atoms with Crippen LogP contribution in [0.25, 0.3) is 0 Å². The molecule has 3 atom stereocenters. The summed E-state index contributed by atoms with van der Waals surface area (Å²) in [4.78, 5) is 11.8. The van der Waals surface area contributed by atoms with Gasteiger partial charge in [-0.1, -0.05) is 0 Å². The van der Waals surface area contributed by atoms with Gasteiger partial charge in [-0.25, -0.2) is 0 Å². The van der Waals surface area contributed by atoms with E-state index in [1.165, 1.54) is 0 Å². The summed E-state index contributed by atoms with van der Waals surface area (Å²) in [6, 6.07) is 0.307. The molecule has 4 nitrogen and oxygen atoms in total. The Balaban J connectivity index is 1.77. The van der Waals surface area contributed by atoms with E-state index in [4.69, 9.17) is 4.74 Å². The third kappa shape index (κ3) is 3.09. The van der Waals surface area contributed by atoms with E-state index in [0.29, 0.717) is 6.04 Å². The van der Waals surface area contributed by atoms with Gasteiger partial charge in [-0.2, -0.15) is 0 Å². The van der Waals surface area contributed by atoms with Crippen molar-refractivity contribution in [3.63, 3.8) is 0 Å². The smallest absolute Gasteiger partial charge is 0.238 e. The van der Waals surface area contributed by atoms with E-state index in [-0.39, 0.29) is 18.1 Å². The number of rotatable bonds is 2. The fourth-order valence-corrected chi connectivity index (χ4v) is 2.94. The van der Waals surface area contributed by atoms with Gasteiger partial charge in [0.15, 0.2) is 0 Å². The molecule has 2 aliphatic heterocycles. The normalized spacial score (nSPS) is 36.5. The van der Waals surface area contributed by atoms with Gasteiger partial charge in [0.05, 0.1) is 12.1 Å². The lowest BCUT2D eigenvalue weighted by Crippen LogP contribution is -2.48. The lowest BCUT2D eigenvalue weighted by molar-refractivity contribution is -0.124. The second-order valence-electron chi connectivity index (χ2n) is 4.18. The molecule has 0 aromatic heterocycles. The quantitative estimate of drug-likeness (QED) is 0.718. The summed E-state index contributed by atoms with van der Waals surface area (Å²) >= 11 is 1.78. The minimum Gasteiger partial charge on any atom is -0.378 e. The van der Waals surface area contributed by atoms with Crippen LogP contribution in [0.2, 0.25) is 0 Å². The molecular weight excluding hydrogens is 212 g/mol. The topological polar surface area (TPSA) is 50.4 Å². The molecule has 0 aromatic rings. The summed E-state index contributed by atoms with van der Waals surface area (Å²) in [7, 11) is 0. The van der Waals surface area contributed by atoms with Crippen LogP contribution in [0.1, 0.15) is 19.8 Å². The maximum atomic E-state index is 11.8. The predicted molar refractivity (Wildman–Crippen MR) is 60.8 cm³/mol. The number of nitrogens with one attached hydrogen (secondary N) is 2. The van der Waals surface area contributed by atoms with Gasteiger partial charge in [0, 0.05) is 24.3 Å². The molecule has 5 heteroatoms. The Morgan fingerprint density at radius 2 is 2.47 bits per heavy atom. The molecule has 0 bridgehead atoms. The first-order valence-corrected chi connectivity index (χ1v) is 6.64. The Morgan fingerprint density at radius 3 is 3.13 bits per heavy atom.